The van der Waals surface area contributed by atoms with Crippen molar-refractivity contribution in [1.82, 2.24) is 4.90 Å². The number of rotatable bonds is 2. The minimum Gasteiger partial charge on any atom is -0.392 e. The number of nitrogens with zero attached hydrogens (tertiary/aromatic N) is 1. The second-order valence-corrected chi connectivity index (χ2v) is 4.72. The summed E-state index contributed by atoms with van der Waals surface area (Å²) in [5.41, 5.74) is 0.995. The molecule has 0 saturated carbocycles. The Morgan fingerprint density at radius 1 is 1.22 bits per heavy atom. The molecule has 2 atom stereocenters. The maximum absolute atomic E-state index is 12.7. The molecule has 0 amide bonds. The number of aliphatic hydroxyl groups is 1. The summed E-state index contributed by atoms with van der Waals surface area (Å²) >= 11 is 0. The quantitative estimate of drug-likeness (QED) is 0.881. The van der Waals surface area contributed by atoms with E-state index in [9.17, 15) is 18.3 Å². The average Bonchev–Trinajstić information content (AvgIpc) is 2.31. The highest BCUT2D eigenvalue weighted by Crippen LogP contribution is 2.33. The van der Waals surface area contributed by atoms with Gasteiger partial charge in [-0.1, -0.05) is 30.3 Å². The Bertz CT molecular complexity index is 380. The maximum atomic E-state index is 12.7. The SMILES string of the molecule is O[C@H]1CCN(Cc2ccccc2)C[C@@H]1C(F)(F)F. The zero-order valence-corrected chi connectivity index (χ0v) is 9.90. The molecule has 1 aromatic rings. The summed E-state index contributed by atoms with van der Waals surface area (Å²) in [7, 11) is 0. The number of benzene rings is 1. The first-order valence-corrected chi connectivity index (χ1v) is 5.98. The summed E-state index contributed by atoms with van der Waals surface area (Å²) in [5, 5.41) is 9.44. The molecule has 1 saturated heterocycles. The Hall–Kier alpha value is -1.07. The van der Waals surface area contributed by atoms with Crippen LogP contribution in [0.4, 0.5) is 13.2 Å². The topological polar surface area (TPSA) is 23.5 Å². The van der Waals surface area contributed by atoms with Crippen molar-refractivity contribution in [3.05, 3.63) is 35.9 Å². The Kier molecular flexibility index (Phi) is 3.92. The van der Waals surface area contributed by atoms with Gasteiger partial charge in [0, 0.05) is 19.6 Å². The van der Waals surface area contributed by atoms with E-state index in [1.54, 1.807) is 4.90 Å². The minimum absolute atomic E-state index is 0.125. The zero-order chi connectivity index (χ0) is 13.2. The van der Waals surface area contributed by atoms with Crippen LogP contribution in [-0.4, -0.2) is 35.4 Å². The molecule has 1 aliphatic rings. The van der Waals surface area contributed by atoms with Crippen molar-refractivity contribution in [2.45, 2.75) is 25.2 Å². The minimum atomic E-state index is -4.32. The van der Waals surface area contributed by atoms with Crippen molar-refractivity contribution in [1.29, 1.82) is 0 Å². The van der Waals surface area contributed by atoms with Crippen LogP contribution < -0.4 is 0 Å². The molecule has 0 aromatic heterocycles. The average molecular weight is 259 g/mol. The first kappa shape index (κ1) is 13.4. The van der Waals surface area contributed by atoms with Gasteiger partial charge in [-0.2, -0.15) is 13.2 Å². The second kappa shape index (κ2) is 5.28. The standard InChI is InChI=1S/C13H16F3NO/c14-13(15,16)11-9-17(7-6-12(11)18)8-10-4-2-1-3-5-10/h1-5,11-12,18H,6-9H2/t11-,12-/m0/s1. The molecule has 5 heteroatoms. The molecule has 0 bridgehead atoms. The summed E-state index contributed by atoms with van der Waals surface area (Å²) in [5.74, 6) is -1.63. The third-order valence-electron chi connectivity index (χ3n) is 3.33. The fourth-order valence-corrected chi connectivity index (χ4v) is 2.31. The molecule has 1 fully saturated rings. The highest BCUT2D eigenvalue weighted by Gasteiger charge is 2.46. The predicted molar refractivity (Wildman–Crippen MR) is 61.9 cm³/mol. The van der Waals surface area contributed by atoms with Gasteiger partial charge in [0.15, 0.2) is 0 Å². The normalized spacial score (nSPS) is 26.2. The van der Waals surface area contributed by atoms with Crippen LogP contribution in [0.5, 0.6) is 0 Å². The molecule has 100 valence electrons. The van der Waals surface area contributed by atoms with Gasteiger partial charge < -0.3 is 5.11 Å². The van der Waals surface area contributed by atoms with Crippen LogP contribution in [0.1, 0.15) is 12.0 Å². The van der Waals surface area contributed by atoms with Crippen molar-refractivity contribution in [3.8, 4) is 0 Å². The Labute approximate surface area is 104 Å². The third kappa shape index (κ3) is 3.23. The largest absolute Gasteiger partial charge is 0.395 e. The van der Waals surface area contributed by atoms with E-state index in [0.29, 0.717) is 13.1 Å². The van der Waals surface area contributed by atoms with Gasteiger partial charge in [-0.3, -0.25) is 4.90 Å². The van der Waals surface area contributed by atoms with Gasteiger partial charge in [0.25, 0.3) is 0 Å². The van der Waals surface area contributed by atoms with Crippen LogP contribution in [0.3, 0.4) is 0 Å². The first-order valence-electron chi connectivity index (χ1n) is 5.98. The van der Waals surface area contributed by atoms with Gasteiger partial charge in [-0.05, 0) is 12.0 Å². The van der Waals surface area contributed by atoms with E-state index in [1.807, 2.05) is 30.3 Å². The third-order valence-corrected chi connectivity index (χ3v) is 3.33. The molecule has 1 N–H and O–H groups in total. The van der Waals surface area contributed by atoms with E-state index in [-0.39, 0.29) is 13.0 Å². The smallest absolute Gasteiger partial charge is 0.392 e. The van der Waals surface area contributed by atoms with Gasteiger partial charge in [-0.15, -0.1) is 0 Å². The molecule has 18 heavy (non-hydrogen) atoms. The summed E-state index contributed by atoms with van der Waals surface area (Å²) in [4.78, 5) is 1.75. The van der Waals surface area contributed by atoms with Crippen LogP contribution in [-0.2, 0) is 6.54 Å². The fraction of sp³-hybridized carbons (Fsp3) is 0.538. The van der Waals surface area contributed by atoms with Gasteiger partial charge in [0.2, 0.25) is 0 Å². The van der Waals surface area contributed by atoms with Crippen LogP contribution in [0.2, 0.25) is 0 Å². The van der Waals surface area contributed by atoms with Gasteiger partial charge in [0.05, 0.1) is 12.0 Å². The molecular formula is C13H16F3NO. The number of alkyl halides is 3. The molecule has 1 heterocycles. The summed E-state index contributed by atoms with van der Waals surface area (Å²) < 4.78 is 38.2. The molecular weight excluding hydrogens is 243 g/mol. The van der Waals surface area contributed by atoms with Gasteiger partial charge in [-0.25, -0.2) is 0 Å². The van der Waals surface area contributed by atoms with E-state index in [2.05, 4.69) is 0 Å². The van der Waals surface area contributed by atoms with Crippen LogP contribution in [0.25, 0.3) is 0 Å². The van der Waals surface area contributed by atoms with Crippen molar-refractivity contribution in [2.24, 2.45) is 5.92 Å². The zero-order valence-electron chi connectivity index (χ0n) is 9.90. The Balaban J connectivity index is 2.00. The number of halogens is 3. The summed E-state index contributed by atoms with van der Waals surface area (Å²) in [6.07, 6.45) is -5.41. The number of piperidine rings is 1. The highest BCUT2D eigenvalue weighted by molar-refractivity contribution is 5.14. The number of aliphatic hydroxyl groups excluding tert-OH is 1. The van der Waals surface area contributed by atoms with Gasteiger partial charge >= 0.3 is 6.18 Å². The second-order valence-electron chi connectivity index (χ2n) is 4.72. The van der Waals surface area contributed by atoms with Gasteiger partial charge in [0.1, 0.15) is 0 Å². The molecule has 0 spiro atoms. The van der Waals surface area contributed by atoms with E-state index in [1.165, 1.54) is 0 Å². The summed E-state index contributed by atoms with van der Waals surface area (Å²) in [6.45, 7) is 0.877. The van der Waals surface area contributed by atoms with Crippen LogP contribution >= 0.6 is 0 Å². The van der Waals surface area contributed by atoms with Crippen molar-refractivity contribution in [3.63, 3.8) is 0 Å². The predicted octanol–water partition coefficient (Wildman–Crippen LogP) is 2.43. The number of hydrogen-bond donors (Lipinski definition) is 1. The molecule has 2 nitrogen and oxygen atoms in total. The monoisotopic (exact) mass is 259 g/mol. The first-order chi connectivity index (χ1) is 8.47. The fourth-order valence-electron chi connectivity index (χ4n) is 2.31. The van der Waals surface area contributed by atoms with E-state index in [4.69, 9.17) is 0 Å². The van der Waals surface area contributed by atoms with Crippen molar-refractivity contribution in [2.75, 3.05) is 13.1 Å². The Morgan fingerprint density at radius 2 is 1.89 bits per heavy atom. The van der Waals surface area contributed by atoms with Crippen molar-refractivity contribution < 1.29 is 18.3 Å². The van der Waals surface area contributed by atoms with E-state index < -0.39 is 18.2 Å². The molecule has 2 rings (SSSR count). The van der Waals surface area contributed by atoms with E-state index in [0.717, 1.165) is 5.56 Å². The lowest BCUT2D eigenvalue weighted by molar-refractivity contribution is -0.214. The lowest BCUT2D eigenvalue weighted by Gasteiger charge is -2.37. The number of likely N-dealkylation sites (tertiary alicyclic amines) is 1. The molecule has 0 aliphatic carbocycles. The Morgan fingerprint density at radius 3 is 2.50 bits per heavy atom. The van der Waals surface area contributed by atoms with Crippen LogP contribution in [0, 0.1) is 5.92 Å². The lowest BCUT2D eigenvalue weighted by Crippen LogP contribution is -2.48. The maximum Gasteiger partial charge on any atom is 0.395 e. The molecule has 0 unspecified atom stereocenters. The van der Waals surface area contributed by atoms with Crippen molar-refractivity contribution >= 4 is 0 Å². The van der Waals surface area contributed by atoms with Crippen LogP contribution in [0.15, 0.2) is 30.3 Å². The highest BCUT2D eigenvalue weighted by atomic mass is 19.4. The number of hydrogen-bond acceptors (Lipinski definition) is 2. The molecule has 1 aliphatic heterocycles. The summed E-state index contributed by atoms with van der Waals surface area (Å²) in [6, 6.07) is 9.41. The van der Waals surface area contributed by atoms with E-state index >= 15 is 0 Å². The molecule has 0 radical (unpaired) electrons. The lowest BCUT2D eigenvalue weighted by atomic mass is 9.94. The molecule has 1 aromatic carbocycles.